The first-order valence-electron chi connectivity index (χ1n) is 8.95. The number of furan rings is 1. The number of rotatable bonds is 8. The fourth-order valence-electron chi connectivity index (χ4n) is 2.73. The van der Waals surface area contributed by atoms with Crippen molar-refractivity contribution in [3.63, 3.8) is 0 Å². The molecule has 1 heterocycles. The Labute approximate surface area is 158 Å². The molecule has 0 aliphatic rings. The zero-order chi connectivity index (χ0) is 18.9. The van der Waals surface area contributed by atoms with Gasteiger partial charge >= 0.3 is 0 Å². The highest BCUT2D eigenvalue weighted by Gasteiger charge is 2.10. The van der Waals surface area contributed by atoms with E-state index in [1.165, 1.54) is 5.56 Å². The Bertz CT molecular complexity index is 874. The Kier molecular flexibility index (Phi) is 6.41. The summed E-state index contributed by atoms with van der Waals surface area (Å²) in [5.74, 6) is 0.254. The van der Waals surface area contributed by atoms with Gasteiger partial charge in [-0.3, -0.25) is 9.59 Å². The molecule has 27 heavy (non-hydrogen) atoms. The summed E-state index contributed by atoms with van der Waals surface area (Å²) in [6.45, 7) is 0.893. The Morgan fingerprint density at radius 1 is 0.815 bits per heavy atom. The van der Waals surface area contributed by atoms with Crippen LogP contribution >= 0.6 is 0 Å². The van der Waals surface area contributed by atoms with E-state index in [-0.39, 0.29) is 11.8 Å². The molecule has 0 saturated carbocycles. The van der Waals surface area contributed by atoms with Gasteiger partial charge in [-0.05, 0) is 48.7 Å². The second-order valence-electron chi connectivity index (χ2n) is 6.19. The maximum Gasteiger partial charge on any atom is 0.251 e. The molecule has 2 aromatic carbocycles. The van der Waals surface area contributed by atoms with Crippen molar-refractivity contribution in [3.05, 3.63) is 95.4 Å². The normalized spacial score (nSPS) is 10.4. The molecule has 3 aromatic rings. The van der Waals surface area contributed by atoms with Crippen LogP contribution in [0.1, 0.15) is 38.5 Å². The summed E-state index contributed by atoms with van der Waals surface area (Å²) in [7, 11) is 0. The van der Waals surface area contributed by atoms with Crippen LogP contribution in [0.4, 0.5) is 0 Å². The Balaban J connectivity index is 1.48. The highest BCUT2D eigenvalue weighted by atomic mass is 16.3. The summed E-state index contributed by atoms with van der Waals surface area (Å²) in [6.07, 6.45) is 3.33. The van der Waals surface area contributed by atoms with E-state index in [4.69, 9.17) is 4.42 Å². The molecule has 0 bridgehead atoms. The molecule has 0 atom stereocenters. The predicted octanol–water partition coefficient (Wildman–Crippen LogP) is 3.57. The quantitative estimate of drug-likeness (QED) is 0.602. The van der Waals surface area contributed by atoms with Crippen LogP contribution < -0.4 is 10.6 Å². The summed E-state index contributed by atoms with van der Waals surface area (Å²) >= 11 is 0. The molecule has 0 spiro atoms. The molecule has 0 aliphatic heterocycles. The van der Waals surface area contributed by atoms with E-state index in [0.717, 1.165) is 12.8 Å². The monoisotopic (exact) mass is 362 g/mol. The summed E-state index contributed by atoms with van der Waals surface area (Å²) < 4.78 is 5.19. The highest BCUT2D eigenvalue weighted by Crippen LogP contribution is 2.07. The van der Waals surface area contributed by atoms with Crippen LogP contribution in [-0.2, 0) is 13.0 Å². The van der Waals surface area contributed by atoms with Crippen molar-refractivity contribution in [1.29, 1.82) is 0 Å². The van der Waals surface area contributed by atoms with E-state index in [9.17, 15) is 9.59 Å². The number of amides is 2. The number of hydrogen-bond donors (Lipinski definition) is 2. The molecule has 5 nitrogen and oxygen atoms in total. The first-order valence-corrected chi connectivity index (χ1v) is 8.95. The number of carbonyl (C=O) groups excluding carboxylic acids is 2. The fraction of sp³-hybridized carbons (Fsp3) is 0.182. The first kappa shape index (κ1) is 18.5. The number of hydrogen-bond acceptors (Lipinski definition) is 3. The molecule has 1 aromatic heterocycles. The van der Waals surface area contributed by atoms with E-state index in [1.54, 1.807) is 42.7 Å². The van der Waals surface area contributed by atoms with Crippen LogP contribution in [0.3, 0.4) is 0 Å². The number of nitrogens with one attached hydrogen (secondary N) is 2. The molecule has 3 rings (SSSR count). The molecule has 0 fully saturated rings. The van der Waals surface area contributed by atoms with E-state index in [2.05, 4.69) is 22.8 Å². The van der Waals surface area contributed by atoms with Gasteiger partial charge in [-0.15, -0.1) is 0 Å². The average Bonchev–Trinajstić information content (AvgIpc) is 3.24. The minimum Gasteiger partial charge on any atom is -0.467 e. The molecule has 0 radical (unpaired) electrons. The third-order valence-corrected chi connectivity index (χ3v) is 4.16. The summed E-state index contributed by atoms with van der Waals surface area (Å²) in [5, 5.41) is 5.68. The average molecular weight is 362 g/mol. The van der Waals surface area contributed by atoms with Crippen LogP contribution in [0.15, 0.2) is 77.4 Å². The number of benzene rings is 2. The van der Waals surface area contributed by atoms with Crippen molar-refractivity contribution < 1.29 is 14.0 Å². The van der Waals surface area contributed by atoms with Crippen LogP contribution in [0, 0.1) is 0 Å². The maximum absolute atomic E-state index is 12.3. The molecule has 5 heteroatoms. The zero-order valence-electron chi connectivity index (χ0n) is 15.0. The Morgan fingerprint density at radius 2 is 1.56 bits per heavy atom. The molecule has 2 N–H and O–H groups in total. The summed E-state index contributed by atoms with van der Waals surface area (Å²) in [6, 6.07) is 20.4. The van der Waals surface area contributed by atoms with Crippen molar-refractivity contribution in [3.8, 4) is 0 Å². The molecule has 138 valence electrons. The molecule has 0 aliphatic carbocycles. The smallest absolute Gasteiger partial charge is 0.251 e. The van der Waals surface area contributed by atoms with E-state index in [1.807, 2.05) is 18.2 Å². The van der Waals surface area contributed by atoms with Crippen molar-refractivity contribution in [1.82, 2.24) is 10.6 Å². The standard InChI is InChI=1S/C22H22N2O3/c25-21(23-13-5-9-17-7-2-1-3-8-17)18-10-4-11-19(15-18)22(26)24-16-20-12-6-14-27-20/h1-4,6-8,10-12,14-15H,5,9,13,16H2,(H,23,25)(H,24,26). The van der Waals surface area contributed by atoms with Gasteiger partial charge in [0, 0.05) is 17.7 Å². The largest absolute Gasteiger partial charge is 0.467 e. The van der Waals surface area contributed by atoms with E-state index < -0.39 is 0 Å². The van der Waals surface area contributed by atoms with Gasteiger partial charge in [0.05, 0.1) is 12.8 Å². The summed E-state index contributed by atoms with van der Waals surface area (Å²) in [5.41, 5.74) is 2.17. The van der Waals surface area contributed by atoms with Crippen LogP contribution in [0.2, 0.25) is 0 Å². The predicted molar refractivity (Wildman–Crippen MR) is 103 cm³/mol. The molecular weight excluding hydrogens is 340 g/mol. The minimum absolute atomic E-state index is 0.177. The second-order valence-corrected chi connectivity index (χ2v) is 6.19. The molecule has 0 unspecified atom stereocenters. The van der Waals surface area contributed by atoms with Crippen molar-refractivity contribution in [2.45, 2.75) is 19.4 Å². The first-order chi connectivity index (χ1) is 13.2. The lowest BCUT2D eigenvalue weighted by Gasteiger charge is -2.08. The minimum atomic E-state index is -0.245. The van der Waals surface area contributed by atoms with Crippen LogP contribution in [0.5, 0.6) is 0 Å². The lowest BCUT2D eigenvalue weighted by atomic mass is 10.1. The molecule has 0 saturated heterocycles. The number of aryl methyl sites for hydroxylation is 1. The van der Waals surface area contributed by atoms with Gasteiger partial charge < -0.3 is 15.1 Å². The van der Waals surface area contributed by atoms with Crippen molar-refractivity contribution in [2.24, 2.45) is 0 Å². The van der Waals surface area contributed by atoms with E-state index in [0.29, 0.717) is 30.0 Å². The van der Waals surface area contributed by atoms with Gasteiger partial charge in [-0.1, -0.05) is 36.4 Å². The third kappa shape index (κ3) is 5.57. The lowest BCUT2D eigenvalue weighted by Crippen LogP contribution is -2.26. The molecular formula is C22H22N2O3. The fourth-order valence-corrected chi connectivity index (χ4v) is 2.73. The van der Waals surface area contributed by atoms with Gasteiger partial charge in [-0.2, -0.15) is 0 Å². The SMILES string of the molecule is O=C(NCCCc1ccccc1)c1cccc(C(=O)NCc2ccco2)c1. The number of carbonyl (C=O) groups is 2. The topological polar surface area (TPSA) is 71.3 Å². The second kappa shape index (κ2) is 9.38. The zero-order valence-corrected chi connectivity index (χ0v) is 15.0. The van der Waals surface area contributed by atoms with Crippen molar-refractivity contribution in [2.75, 3.05) is 6.54 Å². The summed E-state index contributed by atoms with van der Waals surface area (Å²) in [4.78, 5) is 24.6. The Morgan fingerprint density at radius 3 is 2.26 bits per heavy atom. The van der Waals surface area contributed by atoms with Gasteiger partial charge in [0.1, 0.15) is 5.76 Å². The van der Waals surface area contributed by atoms with E-state index >= 15 is 0 Å². The third-order valence-electron chi connectivity index (χ3n) is 4.16. The van der Waals surface area contributed by atoms with Crippen molar-refractivity contribution >= 4 is 11.8 Å². The highest BCUT2D eigenvalue weighted by molar-refractivity contribution is 5.99. The van der Waals surface area contributed by atoms with Gasteiger partial charge in [0.15, 0.2) is 0 Å². The Hall–Kier alpha value is -3.34. The van der Waals surface area contributed by atoms with Gasteiger partial charge in [0.2, 0.25) is 0 Å². The lowest BCUT2D eigenvalue weighted by molar-refractivity contribution is 0.0948. The van der Waals surface area contributed by atoms with Gasteiger partial charge in [0.25, 0.3) is 11.8 Å². The maximum atomic E-state index is 12.3. The molecule has 2 amide bonds. The van der Waals surface area contributed by atoms with Gasteiger partial charge in [-0.25, -0.2) is 0 Å². The van der Waals surface area contributed by atoms with Crippen LogP contribution in [-0.4, -0.2) is 18.4 Å². The van der Waals surface area contributed by atoms with Crippen LogP contribution in [0.25, 0.3) is 0 Å².